The van der Waals surface area contributed by atoms with Crippen molar-refractivity contribution in [3.63, 3.8) is 0 Å². The lowest BCUT2D eigenvalue weighted by Gasteiger charge is -2.19. The fourth-order valence-corrected chi connectivity index (χ4v) is 3.50. The minimum absolute atomic E-state index is 0.0807. The van der Waals surface area contributed by atoms with Gasteiger partial charge in [0.15, 0.2) is 0 Å². The molecule has 4 heteroatoms. The standard InChI is InChI=1S/C14H21N3O/c15-6-13-11(2-1-5-16-13)8-17-7-10-3-4-14(18)12(10)9-17/h1-2,5,10,12,14,18H,3-4,6-9,15H2. The van der Waals surface area contributed by atoms with Gasteiger partial charge in [-0.05, 0) is 30.4 Å². The Balaban J connectivity index is 1.68. The highest BCUT2D eigenvalue weighted by Gasteiger charge is 2.41. The molecule has 1 aliphatic heterocycles. The van der Waals surface area contributed by atoms with Gasteiger partial charge < -0.3 is 10.8 Å². The van der Waals surface area contributed by atoms with Gasteiger partial charge in [-0.3, -0.25) is 9.88 Å². The summed E-state index contributed by atoms with van der Waals surface area (Å²) in [6, 6.07) is 4.08. The lowest BCUT2D eigenvalue weighted by molar-refractivity contribution is 0.123. The molecule has 3 atom stereocenters. The molecule has 1 aliphatic carbocycles. The van der Waals surface area contributed by atoms with Crippen LogP contribution in [0.2, 0.25) is 0 Å². The third-order valence-corrected chi connectivity index (χ3v) is 4.47. The van der Waals surface area contributed by atoms with Gasteiger partial charge in [-0.25, -0.2) is 0 Å². The first-order valence-corrected chi connectivity index (χ1v) is 6.81. The molecule has 0 bridgehead atoms. The molecule has 0 amide bonds. The van der Waals surface area contributed by atoms with Crippen molar-refractivity contribution in [3.05, 3.63) is 29.6 Å². The number of nitrogens with two attached hydrogens (primary N) is 1. The van der Waals surface area contributed by atoms with Crippen LogP contribution >= 0.6 is 0 Å². The number of hydrogen-bond acceptors (Lipinski definition) is 4. The number of aromatic nitrogens is 1. The fourth-order valence-electron chi connectivity index (χ4n) is 3.50. The van der Waals surface area contributed by atoms with E-state index in [1.807, 2.05) is 6.07 Å². The monoisotopic (exact) mass is 247 g/mol. The molecule has 98 valence electrons. The molecular formula is C14H21N3O. The minimum atomic E-state index is -0.0807. The topological polar surface area (TPSA) is 62.4 Å². The smallest absolute Gasteiger partial charge is 0.0584 e. The van der Waals surface area contributed by atoms with Crippen molar-refractivity contribution in [2.75, 3.05) is 13.1 Å². The van der Waals surface area contributed by atoms with Gasteiger partial charge in [0, 0.05) is 38.3 Å². The molecule has 18 heavy (non-hydrogen) atoms. The van der Waals surface area contributed by atoms with Crippen LogP contribution in [0.25, 0.3) is 0 Å². The van der Waals surface area contributed by atoms with Crippen LogP contribution < -0.4 is 5.73 Å². The number of hydrogen-bond donors (Lipinski definition) is 2. The highest BCUT2D eigenvalue weighted by Crippen LogP contribution is 2.38. The zero-order valence-electron chi connectivity index (χ0n) is 10.6. The summed E-state index contributed by atoms with van der Waals surface area (Å²) < 4.78 is 0. The van der Waals surface area contributed by atoms with Gasteiger partial charge in [-0.2, -0.15) is 0 Å². The third kappa shape index (κ3) is 2.16. The van der Waals surface area contributed by atoms with Crippen LogP contribution in [0, 0.1) is 11.8 Å². The average Bonchev–Trinajstić information content (AvgIpc) is 2.93. The molecule has 0 radical (unpaired) electrons. The van der Waals surface area contributed by atoms with E-state index in [9.17, 15) is 5.11 Å². The van der Waals surface area contributed by atoms with Crippen LogP contribution in [0.15, 0.2) is 18.3 Å². The Morgan fingerprint density at radius 3 is 3.06 bits per heavy atom. The van der Waals surface area contributed by atoms with E-state index in [1.54, 1.807) is 6.20 Å². The minimum Gasteiger partial charge on any atom is -0.393 e. The van der Waals surface area contributed by atoms with E-state index in [2.05, 4.69) is 16.0 Å². The molecular weight excluding hydrogens is 226 g/mol. The number of nitrogens with zero attached hydrogens (tertiary/aromatic N) is 2. The number of fused-ring (bicyclic) bond motifs is 1. The molecule has 3 rings (SSSR count). The molecule has 3 unspecified atom stereocenters. The summed E-state index contributed by atoms with van der Waals surface area (Å²) in [7, 11) is 0. The summed E-state index contributed by atoms with van der Waals surface area (Å²) in [5.74, 6) is 1.18. The SMILES string of the molecule is NCc1ncccc1CN1CC2CCC(O)C2C1. The van der Waals surface area contributed by atoms with Crippen LogP contribution in [0.4, 0.5) is 0 Å². The highest BCUT2D eigenvalue weighted by atomic mass is 16.3. The Kier molecular flexibility index (Phi) is 3.33. The van der Waals surface area contributed by atoms with Gasteiger partial charge in [0.2, 0.25) is 0 Å². The van der Waals surface area contributed by atoms with E-state index < -0.39 is 0 Å². The zero-order chi connectivity index (χ0) is 12.5. The number of likely N-dealkylation sites (tertiary alicyclic amines) is 1. The van der Waals surface area contributed by atoms with Crippen molar-refractivity contribution < 1.29 is 5.11 Å². The average molecular weight is 247 g/mol. The highest BCUT2D eigenvalue weighted by molar-refractivity contribution is 5.19. The van der Waals surface area contributed by atoms with Crippen molar-refractivity contribution in [3.8, 4) is 0 Å². The van der Waals surface area contributed by atoms with Crippen molar-refractivity contribution in [2.24, 2.45) is 17.6 Å². The Bertz CT molecular complexity index is 423. The molecule has 1 saturated carbocycles. The van der Waals surface area contributed by atoms with Gasteiger partial charge in [0.1, 0.15) is 0 Å². The number of aliphatic hydroxyl groups excluding tert-OH is 1. The van der Waals surface area contributed by atoms with Gasteiger partial charge in [0.05, 0.1) is 11.8 Å². The number of rotatable bonds is 3. The summed E-state index contributed by atoms with van der Waals surface area (Å²) in [6.07, 6.45) is 3.89. The zero-order valence-corrected chi connectivity index (χ0v) is 10.6. The first-order chi connectivity index (χ1) is 8.78. The van der Waals surface area contributed by atoms with E-state index in [-0.39, 0.29) is 6.10 Å². The van der Waals surface area contributed by atoms with Gasteiger partial charge >= 0.3 is 0 Å². The van der Waals surface area contributed by atoms with E-state index in [4.69, 9.17) is 5.73 Å². The van der Waals surface area contributed by atoms with Crippen LogP contribution in [-0.2, 0) is 13.1 Å². The maximum atomic E-state index is 9.92. The molecule has 2 heterocycles. The maximum Gasteiger partial charge on any atom is 0.0584 e. The van der Waals surface area contributed by atoms with Crippen molar-refractivity contribution >= 4 is 0 Å². The fraction of sp³-hybridized carbons (Fsp3) is 0.643. The summed E-state index contributed by atoms with van der Waals surface area (Å²) in [5.41, 5.74) is 7.94. The first-order valence-electron chi connectivity index (χ1n) is 6.81. The van der Waals surface area contributed by atoms with E-state index in [0.717, 1.165) is 31.7 Å². The van der Waals surface area contributed by atoms with E-state index in [0.29, 0.717) is 18.4 Å². The van der Waals surface area contributed by atoms with Crippen LogP contribution in [-0.4, -0.2) is 34.2 Å². The molecule has 0 aromatic carbocycles. The van der Waals surface area contributed by atoms with E-state index in [1.165, 1.54) is 12.0 Å². The maximum absolute atomic E-state index is 9.92. The van der Waals surface area contributed by atoms with Crippen molar-refractivity contribution in [1.82, 2.24) is 9.88 Å². The summed E-state index contributed by atoms with van der Waals surface area (Å²) >= 11 is 0. The third-order valence-electron chi connectivity index (χ3n) is 4.47. The molecule has 1 saturated heterocycles. The Labute approximate surface area is 108 Å². The molecule has 1 aromatic heterocycles. The number of aliphatic hydroxyl groups is 1. The lowest BCUT2D eigenvalue weighted by Crippen LogP contribution is -2.25. The number of pyridine rings is 1. The molecule has 2 fully saturated rings. The lowest BCUT2D eigenvalue weighted by atomic mass is 10.00. The molecule has 1 aromatic rings. The molecule has 4 nitrogen and oxygen atoms in total. The predicted octanol–water partition coefficient (Wildman–Crippen LogP) is 0.743. The first kappa shape index (κ1) is 12.1. The van der Waals surface area contributed by atoms with Gasteiger partial charge in [-0.15, -0.1) is 0 Å². The molecule has 3 N–H and O–H groups in total. The Morgan fingerprint density at radius 2 is 2.28 bits per heavy atom. The Hall–Kier alpha value is -0.970. The molecule has 0 spiro atoms. The summed E-state index contributed by atoms with van der Waals surface area (Å²) in [5, 5.41) is 9.92. The van der Waals surface area contributed by atoms with Crippen LogP contribution in [0.1, 0.15) is 24.1 Å². The predicted molar refractivity (Wildman–Crippen MR) is 69.6 cm³/mol. The van der Waals surface area contributed by atoms with Gasteiger partial charge in [-0.1, -0.05) is 6.07 Å². The second-order valence-corrected chi connectivity index (χ2v) is 5.58. The van der Waals surface area contributed by atoms with Crippen LogP contribution in [0.3, 0.4) is 0 Å². The largest absolute Gasteiger partial charge is 0.393 e. The second kappa shape index (κ2) is 4.96. The summed E-state index contributed by atoms with van der Waals surface area (Å²) in [6.45, 7) is 3.55. The van der Waals surface area contributed by atoms with Crippen molar-refractivity contribution in [1.29, 1.82) is 0 Å². The van der Waals surface area contributed by atoms with Gasteiger partial charge in [0.25, 0.3) is 0 Å². The Morgan fingerprint density at radius 1 is 1.39 bits per heavy atom. The quantitative estimate of drug-likeness (QED) is 0.827. The van der Waals surface area contributed by atoms with Crippen molar-refractivity contribution in [2.45, 2.75) is 32.0 Å². The van der Waals surface area contributed by atoms with E-state index >= 15 is 0 Å². The second-order valence-electron chi connectivity index (χ2n) is 5.58. The summed E-state index contributed by atoms with van der Waals surface area (Å²) in [4.78, 5) is 6.76. The van der Waals surface area contributed by atoms with Crippen LogP contribution in [0.5, 0.6) is 0 Å². The normalized spacial score (nSPS) is 31.8. The molecule has 2 aliphatic rings.